The fourth-order valence-corrected chi connectivity index (χ4v) is 1.63. The molecule has 16 heavy (non-hydrogen) atoms. The number of carbonyl (C=O) groups excluding carboxylic acids is 3. The van der Waals surface area contributed by atoms with Crippen LogP contribution in [0.25, 0.3) is 0 Å². The molecule has 1 heterocycles. The van der Waals surface area contributed by atoms with Gasteiger partial charge in [-0.25, -0.2) is 0 Å². The van der Waals surface area contributed by atoms with Crippen LogP contribution in [-0.2, 0) is 9.59 Å². The summed E-state index contributed by atoms with van der Waals surface area (Å²) in [7, 11) is 0. The second-order valence-corrected chi connectivity index (χ2v) is 4.11. The zero-order valence-corrected chi connectivity index (χ0v) is 10.6. The van der Waals surface area contributed by atoms with Crippen molar-refractivity contribution in [3.8, 4) is 0 Å². The smallest absolute Gasteiger partial charge is 0.279 e. The minimum absolute atomic E-state index is 0.220. The summed E-state index contributed by atoms with van der Waals surface area (Å²) in [6, 6.07) is -0.556. The number of amides is 3. The van der Waals surface area contributed by atoms with Crippen LogP contribution in [0.1, 0.15) is 33.6 Å². The predicted octanol–water partition coefficient (Wildman–Crippen LogP) is 1.28. The lowest BCUT2D eigenvalue weighted by molar-refractivity contribution is -0.134. The Bertz CT molecular complexity index is 269. The van der Waals surface area contributed by atoms with Gasteiger partial charge in [0, 0.05) is 6.42 Å². The first kappa shape index (κ1) is 15.0. The highest BCUT2D eigenvalue weighted by atomic mass is 32.2. The topological polar surface area (TPSA) is 75.3 Å². The van der Waals surface area contributed by atoms with E-state index in [2.05, 4.69) is 10.6 Å². The van der Waals surface area contributed by atoms with Crippen LogP contribution < -0.4 is 10.6 Å². The molecule has 0 aromatic heterocycles. The van der Waals surface area contributed by atoms with Crippen LogP contribution in [0, 0.1) is 0 Å². The SMILES string of the molecule is CC.CCSC(=O)NC1CCC(=O)NC1=O. The Morgan fingerprint density at radius 2 is 2.12 bits per heavy atom. The Balaban J connectivity index is 0.00000106. The van der Waals surface area contributed by atoms with Gasteiger partial charge in [-0.05, 0) is 12.2 Å². The molecule has 1 saturated heterocycles. The van der Waals surface area contributed by atoms with Crippen LogP contribution in [0.5, 0.6) is 0 Å². The van der Waals surface area contributed by atoms with Crippen LogP contribution in [-0.4, -0.2) is 28.8 Å². The monoisotopic (exact) mass is 246 g/mol. The molecule has 3 amide bonds. The Morgan fingerprint density at radius 3 is 2.62 bits per heavy atom. The van der Waals surface area contributed by atoms with Gasteiger partial charge >= 0.3 is 0 Å². The predicted molar refractivity (Wildman–Crippen MR) is 64.2 cm³/mol. The summed E-state index contributed by atoms with van der Waals surface area (Å²) in [6.45, 7) is 5.86. The molecule has 5 nitrogen and oxygen atoms in total. The van der Waals surface area contributed by atoms with Crippen molar-refractivity contribution in [1.29, 1.82) is 0 Å². The van der Waals surface area contributed by atoms with Crippen molar-refractivity contribution in [1.82, 2.24) is 10.6 Å². The van der Waals surface area contributed by atoms with E-state index in [9.17, 15) is 14.4 Å². The number of piperidine rings is 1. The van der Waals surface area contributed by atoms with Crippen molar-refractivity contribution >= 4 is 28.8 Å². The zero-order chi connectivity index (χ0) is 12.6. The van der Waals surface area contributed by atoms with Crippen LogP contribution in [0.3, 0.4) is 0 Å². The average molecular weight is 246 g/mol. The van der Waals surface area contributed by atoms with Gasteiger partial charge in [-0.15, -0.1) is 0 Å². The number of thioether (sulfide) groups is 1. The lowest BCUT2D eigenvalue weighted by Crippen LogP contribution is -2.51. The number of carbonyl (C=O) groups is 3. The summed E-state index contributed by atoms with van der Waals surface area (Å²) in [5.41, 5.74) is 0. The van der Waals surface area contributed by atoms with Gasteiger partial charge in [-0.1, -0.05) is 32.5 Å². The van der Waals surface area contributed by atoms with Gasteiger partial charge in [0.15, 0.2) is 0 Å². The van der Waals surface area contributed by atoms with Crippen LogP contribution >= 0.6 is 11.8 Å². The van der Waals surface area contributed by atoms with Gasteiger partial charge in [-0.3, -0.25) is 19.7 Å². The van der Waals surface area contributed by atoms with E-state index in [0.717, 1.165) is 11.8 Å². The van der Waals surface area contributed by atoms with Crippen LogP contribution in [0.4, 0.5) is 4.79 Å². The van der Waals surface area contributed by atoms with E-state index in [1.165, 1.54) is 0 Å². The molecule has 2 N–H and O–H groups in total. The third-order valence-electron chi connectivity index (χ3n) is 1.81. The number of imide groups is 1. The maximum Gasteiger partial charge on any atom is 0.279 e. The van der Waals surface area contributed by atoms with Crippen molar-refractivity contribution < 1.29 is 14.4 Å². The molecule has 0 aromatic rings. The van der Waals surface area contributed by atoms with E-state index in [1.54, 1.807) is 0 Å². The van der Waals surface area contributed by atoms with Gasteiger partial charge in [0.1, 0.15) is 6.04 Å². The molecule has 1 atom stereocenters. The summed E-state index contributed by atoms with van der Waals surface area (Å²) >= 11 is 1.11. The van der Waals surface area contributed by atoms with Gasteiger partial charge in [0.25, 0.3) is 5.24 Å². The summed E-state index contributed by atoms with van der Waals surface area (Å²) in [5.74, 6) is -0.0195. The number of rotatable bonds is 2. The number of nitrogens with one attached hydrogen (secondary N) is 2. The van der Waals surface area contributed by atoms with Crippen LogP contribution in [0.2, 0.25) is 0 Å². The first-order valence-electron chi connectivity index (χ1n) is 5.40. The zero-order valence-electron chi connectivity index (χ0n) is 9.83. The quantitative estimate of drug-likeness (QED) is 0.720. The second-order valence-electron chi connectivity index (χ2n) is 2.87. The third-order valence-corrected chi connectivity index (χ3v) is 2.48. The van der Waals surface area contributed by atoms with E-state index in [1.807, 2.05) is 20.8 Å². The van der Waals surface area contributed by atoms with Crippen molar-refractivity contribution in [2.45, 2.75) is 39.7 Å². The molecule has 1 rings (SSSR count). The Hall–Kier alpha value is -1.04. The molecule has 0 aliphatic carbocycles. The van der Waals surface area contributed by atoms with Crippen molar-refractivity contribution in [2.75, 3.05) is 5.75 Å². The molecule has 0 spiro atoms. The first-order valence-corrected chi connectivity index (χ1v) is 6.39. The van der Waals surface area contributed by atoms with Gasteiger partial charge < -0.3 is 5.32 Å². The molecule has 1 fully saturated rings. The normalized spacial score (nSPS) is 19.3. The van der Waals surface area contributed by atoms with Crippen LogP contribution in [0.15, 0.2) is 0 Å². The minimum Gasteiger partial charge on any atom is -0.335 e. The Morgan fingerprint density at radius 1 is 1.50 bits per heavy atom. The van der Waals surface area contributed by atoms with E-state index in [-0.39, 0.29) is 17.6 Å². The average Bonchev–Trinajstić information content (AvgIpc) is 2.26. The fraction of sp³-hybridized carbons (Fsp3) is 0.700. The highest BCUT2D eigenvalue weighted by molar-refractivity contribution is 8.13. The summed E-state index contributed by atoms with van der Waals surface area (Å²) in [4.78, 5) is 33.1. The third kappa shape index (κ3) is 5.16. The molecular formula is C10H18N2O3S. The highest BCUT2D eigenvalue weighted by Crippen LogP contribution is 2.07. The van der Waals surface area contributed by atoms with Gasteiger partial charge in [0.05, 0.1) is 0 Å². The van der Waals surface area contributed by atoms with Gasteiger partial charge in [0.2, 0.25) is 11.8 Å². The molecule has 0 bridgehead atoms. The maximum atomic E-state index is 11.2. The largest absolute Gasteiger partial charge is 0.335 e. The lowest BCUT2D eigenvalue weighted by Gasteiger charge is -2.21. The van der Waals surface area contributed by atoms with E-state index >= 15 is 0 Å². The molecule has 0 saturated carbocycles. The summed E-state index contributed by atoms with van der Waals surface area (Å²) in [6.07, 6.45) is 0.675. The molecular weight excluding hydrogens is 228 g/mol. The molecule has 1 unspecified atom stereocenters. The molecule has 1 aliphatic rings. The Kier molecular flexibility index (Phi) is 7.62. The minimum atomic E-state index is -0.556. The number of hydrogen-bond donors (Lipinski definition) is 2. The van der Waals surface area contributed by atoms with E-state index in [0.29, 0.717) is 12.2 Å². The highest BCUT2D eigenvalue weighted by Gasteiger charge is 2.27. The second kappa shape index (κ2) is 8.15. The molecule has 0 radical (unpaired) electrons. The fourth-order valence-electron chi connectivity index (χ4n) is 1.15. The van der Waals surface area contributed by atoms with Crippen molar-refractivity contribution in [3.05, 3.63) is 0 Å². The molecule has 0 aromatic carbocycles. The molecule has 1 aliphatic heterocycles. The summed E-state index contributed by atoms with van der Waals surface area (Å²) < 4.78 is 0. The van der Waals surface area contributed by atoms with E-state index in [4.69, 9.17) is 0 Å². The number of hydrogen-bond acceptors (Lipinski definition) is 4. The summed E-state index contributed by atoms with van der Waals surface area (Å²) in [5, 5.41) is 4.50. The van der Waals surface area contributed by atoms with Gasteiger partial charge in [-0.2, -0.15) is 0 Å². The molecule has 6 heteroatoms. The van der Waals surface area contributed by atoms with Crippen molar-refractivity contribution in [2.24, 2.45) is 0 Å². The van der Waals surface area contributed by atoms with Crippen molar-refractivity contribution in [3.63, 3.8) is 0 Å². The standard InChI is InChI=1S/C8H12N2O3S.C2H6/c1-2-14-8(13)9-5-3-4-6(11)10-7(5)12;1-2/h5H,2-4H2,1H3,(H,9,13)(H,10,11,12);1-2H3. The molecule has 92 valence electrons. The van der Waals surface area contributed by atoms with E-state index < -0.39 is 11.9 Å². The lowest BCUT2D eigenvalue weighted by atomic mass is 10.1. The first-order chi connectivity index (χ1) is 7.63. The maximum absolute atomic E-state index is 11.2. The Labute approximate surface area is 99.7 Å².